The first kappa shape index (κ1) is 17.4. The van der Waals surface area contributed by atoms with Crippen LogP contribution in [0.3, 0.4) is 0 Å². The second-order valence-corrected chi connectivity index (χ2v) is 3.22. The van der Waals surface area contributed by atoms with E-state index in [0.29, 0.717) is 0 Å². The first-order valence-corrected chi connectivity index (χ1v) is 4.62. The quantitative estimate of drug-likeness (QED) is 0.455. The molecular weight excluding hydrogens is 293 g/mol. The van der Waals surface area contributed by atoms with Crippen molar-refractivity contribution >= 4 is 11.9 Å². The molecule has 0 aliphatic rings. The van der Waals surface area contributed by atoms with Gasteiger partial charge in [0.1, 0.15) is 0 Å². The van der Waals surface area contributed by atoms with Gasteiger partial charge < -0.3 is 0 Å². The Hall–Kier alpha value is -1.55. The molecule has 0 spiro atoms. The molecule has 0 saturated carbocycles. The highest BCUT2D eigenvalue weighted by Crippen LogP contribution is 2.46. The van der Waals surface area contributed by atoms with Crippen molar-refractivity contribution in [3.63, 3.8) is 0 Å². The molecule has 112 valence electrons. The molecule has 0 fully saturated rings. The molecule has 0 bridgehead atoms. The van der Waals surface area contributed by atoms with Crippen molar-refractivity contribution in [1.29, 1.82) is 0 Å². The Morgan fingerprint density at radius 2 is 1.42 bits per heavy atom. The Morgan fingerprint density at radius 1 is 0.947 bits per heavy atom. The maximum Gasteiger partial charge on any atom is 0.460 e. The van der Waals surface area contributed by atoms with Gasteiger partial charge in [-0.1, -0.05) is 6.92 Å². The predicted octanol–water partition coefficient (Wildman–Crippen LogP) is 2.62. The molecular formula is C8H7F7O4. The molecule has 11 heteroatoms. The molecule has 0 aliphatic heterocycles. The van der Waals surface area contributed by atoms with Crippen LogP contribution in [-0.4, -0.2) is 30.0 Å². The SMILES string of the molecule is CCCC(=O)OOC(=O)C(F)(F)C(F)(F)C(F)(F)F. The van der Waals surface area contributed by atoms with Crippen molar-refractivity contribution in [2.75, 3.05) is 0 Å². The fourth-order valence-electron chi connectivity index (χ4n) is 0.689. The lowest BCUT2D eigenvalue weighted by Gasteiger charge is -2.25. The number of alkyl halides is 7. The summed E-state index contributed by atoms with van der Waals surface area (Å²) in [6.07, 6.45) is -6.94. The first-order valence-electron chi connectivity index (χ1n) is 4.62. The van der Waals surface area contributed by atoms with Gasteiger partial charge >= 0.3 is 30.0 Å². The standard InChI is InChI=1S/C8H7F7O4/c1-2-3-4(16)18-19-5(17)6(9,10)7(11,12)8(13,14)15/h2-3H2,1H3. The zero-order valence-corrected chi connectivity index (χ0v) is 9.19. The third kappa shape index (κ3) is 3.70. The lowest BCUT2D eigenvalue weighted by Crippen LogP contribution is -2.56. The third-order valence-electron chi connectivity index (χ3n) is 1.67. The third-order valence-corrected chi connectivity index (χ3v) is 1.67. The monoisotopic (exact) mass is 300 g/mol. The molecule has 0 rings (SSSR count). The summed E-state index contributed by atoms with van der Waals surface area (Å²) in [7, 11) is 0. The van der Waals surface area contributed by atoms with Gasteiger partial charge in [0.15, 0.2) is 0 Å². The molecule has 0 atom stereocenters. The molecule has 4 nitrogen and oxygen atoms in total. The van der Waals surface area contributed by atoms with Crippen LogP contribution in [0.4, 0.5) is 30.7 Å². The summed E-state index contributed by atoms with van der Waals surface area (Å²) in [6, 6.07) is 0. The van der Waals surface area contributed by atoms with Crippen LogP contribution in [0.5, 0.6) is 0 Å². The number of hydrogen-bond donors (Lipinski definition) is 0. The fourth-order valence-corrected chi connectivity index (χ4v) is 0.689. The minimum atomic E-state index is -6.68. The van der Waals surface area contributed by atoms with E-state index in [0.717, 1.165) is 0 Å². The van der Waals surface area contributed by atoms with E-state index >= 15 is 0 Å². The zero-order chi connectivity index (χ0) is 15.5. The van der Waals surface area contributed by atoms with Gasteiger partial charge in [-0.3, -0.25) is 0 Å². The number of rotatable bonds is 4. The largest absolute Gasteiger partial charge is 0.460 e. The number of hydrogen-bond acceptors (Lipinski definition) is 4. The topological polar surface area (TPSA) is 52.6 Å². The second-order valence-electron chi connectivity index (χ2n) is 3.22. The van der Waals surface area contributed by atoms with Crippen LogP contribution in [0.15, 0.2) is 0 Å². The summed E-state index contributed by atoms with van der Waals surface area (Å²) in [5, 5.41) is 0. The lowest BCUT2D eigenvalue weighted by molar-refractivity contribution is -0.359. The Kier molecular flexibility index (Phi) is 5.15. The van der Waals surface area contributed by atoms with E-state index in [1.54, 1.807) is 0 Å². The summed E-state index contributed by atoms with van der Waals surface area (Å²) >= 11 is 0. The molecule has 0 radical (unpaired) electrons. The van der Waals surface area contributed by atoms with Crippen molar-refractivity contribution < 1.29 is 50.1 Å². The molecule has 0 aromatic carbocycles. The van der Waals surface area contributed by atoms with Crippen LogP contribution in [-0.2, 0) is 19.4 Å². The van der Waals surface area contributed by atoms with Gasteiger partial charge in [0.05, 0.1) is 0 Å². The van der Waals surface area contributed by atoms with Crippen LogP contribution >= 0.6 is 0 Å². The minimum absolute atomic E-state index is 0.144. The molecule has 0 aromatic heterocycles. The molecule has 0 N–H and O–H groups in total. The van der Waals surface area contributed by atoms with E-state index < -0.39 is 36.4 Å². The van der Waals surface area contributed by atoms with Crippen molar-refractivity contribution in [1.82, 2.24) is 0 Å². The maximum atomic E-state index is 12.6. The molecule has 19 heavy (non-hydrogen) atoms. The lowest BCUT2D eigenvalue weighted by atomic mass is 10.1. The van der Waals surface area contributed by atoms with Gasteiger partial charge in [-0.05, 0) is 6.42 Å². The van der Waals surface area contributed by atoms with Crippen LogP contribution < -0.4 is 0 Å². The van der Waals surface area contributed by atoms with E-state index in [4.69, 9.17) is 0 Å². The van der Waals surface area contributed by atoms with E-state index in [-0.39, 0.29) is 6.42 Å². The van der Waals surface area contributed by atoms with Gasteiger partial charge in [0.25, 0.3) is 0 Å². The van der Waals surface area contributed by atoms with Crippen LogP contribution in [0.1, 0.15) is 19.8 Å². The van der Waals surface area contributed by atoms with Crippen LogP contribution in [0, 0.1) is 0 Å². The number of carbonyl (C=O) groups is 2. The maximum absolute atomic E-state index is 12.6. The summed E-state index contributed by atoms with van der Waals surface area (Å²) < 4.78 is 84.8. The van der Waals surface area contributed by atoms with Crippen molar-refractivity contribution in [3.8, 4) is 0 Å². The summed E-state index contributed by atoms with van der Waals surface area (Å²) in [5.74, 6) is -17.6. The Labute approximate surface area is 101 Å². The molecule has 0 aliphatic carbocycles. The number of halogens is 7. The van der Waals surface area contributed by atoms with Crippen LogP contribution in [0.25, 0.3) is 0 Å². The highest BCUT2D eigenvalue weighted by molar-refractivity contribution is 5.79. The van der Waals surface area contributed by atoms with Crippen molar-refractivity contribution in [3.05, 3.63) is 0 Å². The molecule has 0 aromatic rings. The van der Waals surface area contributed by atoms with Gasteiger partial charge in [-0.2, -0.15) is 30.7 Å². The molecule has 0 amide bonds. The average Bonchev–Trinajstić information content (AvgIpc) is 2.24. The number of carbonyl (C=O) groups excluding carboxylic acids is 2. The molecule has 0 unspecified atom stereocenters. The Morgan fingerprint density at radius 3 is 1.79 bits per heavy atom. The molecule has 0 saturated heterocycles. The second kappa shape index (κ2) is 5.61. The predicted molar refractivity (Wildman–Crippen MR) is 43.0 cm³/mol. The molecule has 0 heterocycles. The van der Waals surface area contributed by atoms with Crippen molar-refractivity contribution in [2.45, 2.75) is 37.8 Å². The van der Waals surface area contributed by atoms with Crippen LogP contribution in [0.2, 0.25) is 0 Å². The van der Waals surface area contributed by atoms with Gasteiger partial charge in [0.2, 0.25) is 0 Å². The highest BCUT2D eigenvalue weighted by atomic mass is 19.4. The van der Waals surface area contributed by atoms with Gasteiger partial charge in [-0.25, -0.2) is 19.4 Å². The average molecular weight is 300 g/mol. The Bertz CT molecular complexity index is 349. The van der Waals surface area contributed by atoms with Crippen molar-refractivity contribution in [2.24, 2.45) is 0 Å². The fraction of sp³-hybridized carbons (Fsp3) is 0.750. The zero-order valence-electron chi connectivity index (χ0n) is 9.19. The summed E-state index contributed by atoms with van der Waals surface area (Å²) in [5.41, 5.74) is 0. The Balaban J connectivity index is 4.83. The van der Waals surface area contributed by atoms with E-state index in [2.05, 4.69) is 9.78 Å². The smallest absolute Gasteiger partial charge is 0.247 e. The summed E-state index contributed by atoms with van der Waals surface area (Å²) in [6.45, 7) is 1.44. The first-order chi connectivity index (χ1) is 8.38. The minimum Gasteiger partial charge on any atom is -0.247 e. The summed E-state index contributed by atoms with van der Waals surface area (Å²) in [4.78, 5) is 27.4. The normalized spacial score (nSPS) is 13.1. The highest BCUT2D eigenvalue weighted by Gasteiger charge is 2.77. The van der Waals surface area contributed by atoms with E-state index in [9.17, 15) is 40.3 Å². The van der Waals surface area contributed by atoms with Gasteiger partial charge in [-0.15, -0.1) is 0 Å². The van der Waals surface area contributed by atoms with Gasteiger partial charge in [0, 0.05) is 6.42 Å². The van der Waals surface area contributed by atoms with E-state index in [1.807, 2.05) is 0 Å². The van der Waals surface area contributed by atoms with E-state index in [1.165, 1.54) is 6.92 Å².